The molecule has 0 nitrogen and oxygen atoms in total. The third kappa shape index (κ3) is 3.12. The molecule has 20 heavy (non-hydrogen) atoms. The summed E-state index contributed by atoms with van der Waals surface area (Å²) in [6.07, 6.45) is 1.04. The van der Waals surface area contributed by atoms with Gasteiger partial charge in [0, 0.05) is 10.7 Å². The molecule has 0 fully saturated rings. The van der Waals surface area contributed by atoms with E-state index in [1.54, 1.807) is 12.1 Å². The molecular weight excluding hydrogens is 315 g/mol. The van der Waals surface area contributed by atoms with Crippen LogP contribution < -0.4 is 0 Å². The molecule has 0 amide bonds. The molecular formula is C18H20BrF. The minimum Gasteiger partial charge on any atom is -0.207 e. The van der Waals surface area contributed by atoms with Gasteiger partial charge in [-0.1, -0.05) is 53.2 Å². The molecule has 0 spiro atoms. The third-order valence-electron chi connectivity index (χ3n) is 3.86. The van der Waals surface area contributed by atoms with Gasteiger partial charge in [-0.2, -0.15) is 0 Å². The van der Waals surface area contributed by atoms with E-state index in [0.29, 0.717) is 5.92 Å². The zero-order chi connectivity index (χ0) is 14.7. The van der Waals surface area contributed by atoms with Gasteiger partial charge in [-0.05, 0) is 54.7 Å². The van der Waals surface area contributed by atoms with Gasteiger partial charge in [0.15, 0.2) is 0 Å². The second-order valence-corrected chi connectivity index (χ2v) is 6.27. The molecule has 0 aliphatic heterocycles. The Kier molecular flexibility index (Phi) is 4.98. The monoisotopic (exact) mass is 334 g/mol. The van der Waals surface area contributed by atoms with Gasteiger partial charge >= 0.3 is 0 Å². The van der Waals surface area contributed by atoms with E-state index >= 15 is 0 Å². The lowest BCUT2D eigenvalue weighted by Crippen LogP contribution is -2.08. The molecule has 0 N–H and O–H groups in total. The molecule has 2 unspecified atom stereocenters. The highest BCUT2D eigenvalue weighted by molar-refractivity contribution is 9.09. The first-order valence-electron chi connectivity index (χ1n) is 7.00. The lowest BCUT2D eigenvalue weighted by Gasteiger charge is -2.25. The normalized spacial score (nSPS) is 14.1. The fourth-order valence-electron chi connectivity index (χ4n) is 2.87. The average molecular weight is 335 g/mol. The molecule has 2 rings (SSSR count). The summed E-state index contributed by atoms with van der Waals surface area (Å²) in [5.74, 6) is 0.232. The predicted octanol–water partition coefficient (Wildman–Crippen LogP) is 6.07. The van der Waals surface area contributed by atoms with Crippen molar-refractivity contribution in [3.05, 3.63) is 70.5 Å². The van der Waals surface area contributed by atoms with E-state index in [0.717, 1.165) is 17.5 Å². The second-order valence-electron chi connectivity index (χ2n) is 5.28. The van der Waals surface area contributed by atoms with Crippen LogP contribution in [0.3, 0.4) is 0 Å². The maximum atomic E-state index is 13.5. The lowest BCUT2D eigenvalue weighted by atomic mass is 9.86. The Morgan fingerprint density at radius 2 is 1.60 bits per heavy atom. The highest BCUT2D eigenvalue weighted by Crippen LogP contribution is 2.42. The zero-order valence-electron chi connectivity index (χ0n) is 12.2. The van der Waals surface area contributed by atoms with Crippen molar-refractivity contribution in [1.29, 1.82) is 0 Å². The summed E-state index contributed by atoms with van der Waals surface area (Å²) in [4.78, 5) is 0.204. The highest BCUT2D eigenvalue weighted by Gasteiger charge is 2.23. The molecule has 0 aromatic heterocycles. The van der Waals surface area contributed by atoms with Crippen molar-refractivity contribution in [1.82, 2.24) is 0 Å². The summed E-state index contributed by atoms with van der Waals surface area (Å²) < 4.78 is 13.5. The maximum absolute atomic E-state index is 13.5. The third-order valence-corrected chi connectivity index (χ3v) is 4.95. The van der Waals surface area contributed by atoms with Crippen LogP contribution in [-0.4, -0.2) is 0 Å². The van der Waals surface area contributed by atoms with Crippen LogP contribution in [0.2, 0.25) is 0 Å². The molecule has 0 radical (unpaired) electrons. The van der Waals surface area contributed by atoms with Crippen molar-refractivity contribution in [3.8, 4) is 0 Å². The van der Waals surface area contributed by atoms with E-state index in [2.05, 4.69) is 47.1 Å². The average Bonchev–Trinajstić information content (AvgIpc) is 2.39. The molecule has 2 heteroatoms. The van der Waals surface area contributed by atoms with Gasteiger partial charge in [-0.3, -0.25) is 0 Å². The number of alkyl halides is 1. The summed E-state index contributed by atoms with van der Waals surface area (Å²) in [5, 5.41) is 0. The fourth-order valence-corrected chi connectivity index (χ4v) is 4.27. The summed E-state index contributed by atoms with van der Waals surface area (Å²) in [6, 6.07) is 13.7. The van der Waals surface area contributed by atoms with Crippen molar-refractivity contribution < 1.29 is 4.39 Å². The second kappa shape index (κ2) is 6.53. The zero-order valence-corrected chi connectivity index (χ0v) is 13.7. The number of benzene rings is 2. The number of rotatable bonds is 4. The van der Waals surface area contributed by atoms with Crippen LogP contribution in [0.1, 0.15) is 46.3 Å². The van der Waals surface area contributed by atoms with E-state index in [9.17, 15) is 4.39 Å². The first-order chi connectivity index (χ1) is 9.54. The van der Waals surface area contributed by atoms with E-state index in [1.807, 2.05) is 19.9 Å². The lowest BCUT2D eigenvalue weighted by molar-refractivity contribution is 0.617. The quantitative estimate of drug-likeness (QED) is 0.595. The van der Waals surface area contributed by atoms with Gasteiger partial charge in [0.1, 0.15) is 5.82 Å². The van der Waals surface area contributed by atoms with Gasteiger partial charge in [-0.25, -0.2) is 4.39 Å². The van der Waals surface area contributed by atoms with Crippen molar-refractivity contribution in [2.45, 2.75) is 37.9 Å². The Morgan fingerprint density at radius 1 is 1.05 bits per heavy atom. The number of hydrogen-bond acceptors (Lipinski definition) is 0. The van der Waals surface area contributed by atoms with Gasteiger partial charge in [0.05, 0.1) is 0 Å². The van der Waals surface area contributed by atoms with E-state index in [1.165, 1.54) is 11.1 Å². The van der Waals surface area contributed by atoms with Gasteiger partial charge in [-0.15, -0.1) is 0 Å². The largest absolute Gasteiger partial charge is 0.207 e. The van der Waals surface area contributed by atoms with Crippen LogP contribution in [0.5, 0.6) is 0 Å². The van der Waals surface area contributed by atoms with Crippen molar-refractivity contribution in [2.75, 3.05) is 0 Å². The number of halogens is 2. The molecule has 0 heterocycles. The first kappa shape index (κ1) is 15.2. The number of aryl methyl sites for hydroxylation is 2. The Labute approximate surface area is 129 Å². The molecule has 0 saturated carbocycles. The van der Waals surface area contributed by atoms with Crippen molar-refractivity contribution in [3.63, 3.8) is 0 Å². The summed E-state index contributed by atoms with van der Waals surface area (Å²) >= 11 is 3.85. The molecule has 0 aliphatic rings. The van der Waals surface area contributed by atoms with Crippen LogP contribution in [-0.2, 0) is 0 Å². The molecule has 2 aromatic rings. The smallest absolute Gasteiger partial charge is 0.123 e. The minimum absolute atomic E-state index is 0.156. The predicted molar refractivity (Wildman–Crippen MR) is 87.0 cm³/mol. The van der Waals surface area contributed by atoms with Gasteiger partial charge in [0.25, 0.3) is 0 Å². The fraction of sp³-hybridized carbons (Fsp3) is 0.333. The minimum atomic E-state index is -0.156. The summed E-state index contributed by atoms with van der Waals surface area (Å²) in [6.45, 7) is 6.16. The van der Waals surface area contributed by atoms with Crippen molar-refractivity contribution in [2.24, 2.45) is 0 Å². The SMILES string of the molecule is CCC(c1ccccc1)C(Br)c1c(C)cc(F)cc1C. The van der Waals surface area contributed by atoms with Crippen LogP contribution in [0.4, 0.5) is 4.39 Å². The summed E-state index contributed by atoms with van der Waals surface area (Å²) in [7, 11) is 0. The molecule has 0 saturated heterocycles. The molecule has 106 valence electrons. The highest BCUT2D eigenvalue weighted by atomic mass is 79.9. The Hall–Kier alpha value is -1.15. The van der Waals surface area contributed by atoms with E-state index in [4.69, 9.17) is 0 Å². The maximum Gasteiger partial charge on any atom is 0.123 e. The summed E-state index contributed by atoms with van der Waals surface area (Å²) in [5.41, 5.74) is 4.56. The Morgan fingerprint density at radius 3 is 2.10 bits per heavy atom. The van der Waals surface area contributed by atoms with Gasteiger partial charge < -0.3 is 0 Å². The van der Waals surface area contributed by atoms with Crippen LogP contribution in [0.25, 0.3) is 0 Å². The molecule has 0 bridgehead atoms. The molecule has 2 aromatic carbocycles. The number of hydrogen-bond donors (Lipinski definition) is 0. The van der Waals surface area contributed by atoms with Crippen LogP contribution >= 0.6 is 15.9 Å². The van der Waals surface area contributed by atoms with Gasteiger partial charge in [0.2, 0.25) is 0 Å². The molecule has 2 atom stereocenters. The van der Waals surface area contributed by atoms with E-state index < -0.39 is 0 Å². The van der Waals surface area contributed by atoms with Crippen LogP contribution in [0, 0.1) is 19.7 Å². The van der Waals surface area contributed by atoms with Crippen LogP contribution in [0.15, 0.2) is 42.5 Å². The topological polar surface area (TPSA) is 0 Å². The molecule has 0 aliphatic carbocycles. The Bertz CT molecular complexity index is 554. The Balaban J connectivity index is 2.42. The standard InChI is InChI=1S/C18H20BrF/c1-4-16(14-8-6-5-7-9-14)18(19)17-12(2)10-15(20)11-13(17)3/h5-11,16,18H,4H2,1-3H3. The first-order valence-corrected chi connectivity index (χ1v) is 7.91. The van der Waals surface area contributed by atoms with Crippen molar-refractivity contribution >= 4 is 15.9 Å². The van der Waals surface area contributed by atoms with E-state index in [-0.39, 0.29) is 10.6 Å².